The molecule has 0 aromatic heterocycles. The number of nitrogens with two attached hydrogens (primary N) is 3. The largest absolute Gasteiger partial charge is 0.508 e. The lowest BCUT2D eigenvalue weighted by Gasteiger charge is -2.26. The number of aromatic hydroxyl groups is 1. The van der Waals surface area contributed by atoms with E-state index in [4.69, 9.17) is 17.2 Å². The van der Waals surface area contributed by atoms with E-state index in [-0.39, 0.29) is 43.9 Å². The van der Waals surface area contributed by atoms with Crippen LogP contribution in [0.25, 0.3) is 10.8 Å². The number of phenolic OH excluding ortho intramolecular Hbond substituents is 1. The molecular weight excluding hydrogens is 729 g/mol. The molecule has 0 bridgehead atoms. The van der Waals surface area contributed by atoms with E-state index in [9.17, 15) is 29.1 Å². The van der Waals surface area contributed by atoms with E-state index in [2.05, 4.69) is 36.9 Å². The predicted molar refractivity (Wildman–Crippen MR) is 220 cm³/mol. The van der Waals surface area contributed by atoms with E-state index in [1.54, 1.807) is 12.1 Å². The molecule has 1 fully saturated rings. The molecule has 0 spiro atoms. The number of rotatable bonds is 18. The number of unbranched alkanes of at least 4 members (excludes halogenated alkanes) is 3. The molecule has 4 rings (SSSR count). The first kappa shape index (κ1) is 44.0. The molecule has 0 saturated carbocycles. The Morgan fingerprint density at radius 3 is 1.93 bits per heavy atom. The van der Waals surface area contributed by atoms with Crippen molar-refractivity contribution in [3.8, 4) is 5.75 Å². The first-order valence-electron chi connectivity index (χ1n) is 19.7. The minimum absolute atomic E-state index is 0.0316. The predicted octanol–water partition coefficient (Wildman–Crippen LogP) is 0.342. The zero-order valence-electron chi connectivity index (χ0n) is 32.4. The number of carbonyl (C=O) groups excluding carboxylic acids is 5. The quantitative estimate of drug-likeness (QED) is 0.0480. The molecule has 308 valence electrons. The van der Waals surface area contributed by atoms with Crippen LogP contribution < -0.4 is 49.1 Å². The van der Waals surface area contributed by atoms with Gasteiger partial charge in [-0.15, -0.1) is 0 Å². The van der Waals surface area contributed by atoms with Crippen LogP contribution in [0.15, 0.2) is 71.7 Å². The van der Waals surface area contributed by atoms with E-state index < -0.39 is 60.2 Å². The van der Waals surface area contributed by atoms with Gasteiger partial charge in [-0.1, -0.05) is 67.4 Å². The summed E-state index contributed by atoms with van der Waals surface area (Å²) in [6.45, 7) is 1.74. The molecule has 1 aliphatic heterocycles. The van der Waals surface area contributed by atoms with E-state index in [1.807, 2.05) is 42.5 Å². The maximum atomic E-state index is 14.1. The Kier molecular flexibility index (Phi) is 18.0. The summed E-state index contributed by atoms with van der Waals surface area (Å²) in [7, 11) is 0. The maximum absolute atomic E-state index is 14.1. The first-order valence-corrected chi connectivity index (χ1v) is 19.7. The van der Waals surface area contributed by atoms with E-state index in [1.165, 1.54) is 12.1 Å². The standard InChI is InChI=1S/C41H58N10O6/c42-19-5-1-2-6-20-45-21-7-11-32-38(55)49-33(12-8-22-46-41(43)44)39(56)51-34(25-28-13-16-29-9-3-4-10-30(29)23-28)37(54)47-26-36(53)48-35(40(57)50-32)24-27-14-17-31(52)18-15-27/h3-4,9-10,13-18,23,32-35,45,52H,1-2,5-8,11-12,19-22,24-26,42H2,(H,47,54)(H,48,53)(H,49,55)(H,50,57)(H,51,56)(H4,43,44,46)/t32-,33-,34-,35+/m0/s1. The molecule has 1 aliphatic rings. The fourth-order valence-electron chi connectivity index (χ4n) is 6.59. The van der Waals surface area contributed by atoms with E-state index in [0.717, 1.165) is 48.6 Å². The van der Waals surface area contributed by atoms with Crippen LogP contribution in [0, 0.1) is 0 Å². The topological polar surface area (TPSA) is 268 Å². The highest BCUT2D eigenvalue weighted by atomic mass is 16.3. The van der Waals surface area contributed by atoms with Gasteiger partial charge in [-0.3, -0.25) is 29.0 Å². The fourth-order valence-corrected chi connectivity index (χ4v) is 6.59. The minimum Gasteiger partial charge on any atom is -0.508 e. The third-order valence-electron chi connectivity index (χ3n) is 9.70. The van der Waals surface area contributed by atoms with Crippen LogP contribution in [-0.2, 0) is 36.8 Å². The minimum atomic E-state index is -1.14. The SMILES string of the molecule is NCCCCCCNCCC[C@@H]1NC(=O)[C@@H](Cc2ccc(O)cc2)NC(=O)CNC(=O)[C@H](Cc2ccc3ccccc3c2)NC(=O)[C@H](CCCN=C(N)N)NC1=O. The lowest BCUT2D eigenvalue weighted by Crippen LogP contribution is -2.58. The zero-order valence-corrected chi connectivity index (χ0v) is 32.4. The van der Waals surface area contributed by atoms with Crippen molar-refractivity contribution >= 4 is 46.3 Å². The Balaban J connectivity index is 1.61. The number of amides is 5. The molecule has 57 heavy (non-hydrogen) atoms. The number of nitrogens with zero attached hydrogens (tertiary/aromatic N) is 1. The van der Waals surface area contributed by atoms with Crippen LogP contribution in [0.5, 0.6) is 5.75 Å². The highest BCUT2D eigenvalue weighted by Gasteiger charge is 2.32. The molecule has 16 heteroatoms. The average Bonchev–Trinajstić information content (AvgIpc) is 3.19. The first-order chi connectivity index (χ1) is 27.5. The van der Waals surface area contributed by atoms with Gasteiger partial charge in [-0.05, 0) is 92.2 Å². The second-order valence-corrected chi connectivity index (χ2v) is 14.3. The van der Waals surface area contributed by atoms with Gasteiger partial charge in [0.15, 0.2) is 5.96 Å². The summed E-state index contributed by atoms with van der Waals surface area (Å²) in [5.41, 5.74) is 18.0. The fraction of sp³-hybridized carbons (Fsp3) is 0.463. The van der Waals surface area contributed by atoms with Crippen LogP contribution in [0.3, 0.4) is 0 Å². The monoisotopic (exact) mass is 786 g/mol. The second kappa shape index (κ2) is 23.4. The Morgan fingerprint density at radius 1 is 0.649 bits per heavy atom. The smallest absolute Gasteiger partial charge is 0.243 e. The van der Waals surface area contributed by atoms with Gasteiger partial charge in [0, 0.05) is 19.4 Å². The van der Waals surface area contributed by atoms with Gasteiger partial charge in [0.2, 0.25) is 29.5 Å². The van der Waals surface area contributed by atoms with Crippen molar-refractivity contribution in [3.05, 3.63) is 77.9 Å². The summed E-state index contributed by atoms with van der Waals surface area (Å²) in [6.07, 6.45) is 5.37. The van der Waals surface area contributed by atoms with Crippen molar-refractivity contribution in [1.82, 2.24) is 31.9 Å². The van der Waals surface area contributed by atoms with Gasteiger partial charge in [-0.25, -0.2) is 0 Å². The number of hydrogen-bond acceptors (Lipinski definition) is 9. The van der Waals surface area contributed by atoms with Crippen LogP contribution in [0.4, 0.5) is 0 Å². The van der Waals surface area contributed by atoms with Gasteiger partial charge in [0.25, 0.3) is 0 Å². The van der Waals surface area contributed by atoms with Crippen molar-refractivity contribution in [1.29, 1.82) is 0 Å². The number of phenols is 1. The van der Waals surface area contributed by atoms with Crippen LogP contribution in [0.2, 0.25) is 0 Å². The van der Waals surface area contributed by atoms with Crippen molar-refractivity contribution in [2.45, 2.75) is 88.4 Å². The number of carbonyl (C=O) groups is 5. The molecular formula is C41H58N10O6. The van der Waals surface area contributed by atoms with Gasteiger partial charge in [-0.2, -0.15) is 0 Å². The van der Waals surface area contributed by atoms with Crippen molar-refractivity contribution in [2.75, 3.05) is 32.7 Å². The molecule has 1 heterocycles. The zero-order chi connectivity index (χ0) is 41.0. The number of fused-ring (bicyclic) bond motifs is 1. The molecule has 4 atom stereocenters. The molecule has 0 aliphatic carbocycles. The molecule has 16 nitrogen and oxygen atoms in total. The van der Waals surface area contributed by atoms with Crippen LogP contribution in [-0.4, -0.2) is 97.5 Å². The third kappa shape index (κ3) is 15.4. The van der Waals surface area contributed by atoms with Crippen molar-refractivity contribution in [3.63, 3.8) is 0 Å². The van der Waals surface area contributed by atoms with Crippen LogP contribution in [0.1, 0.15) is 62.5 Å². The number of aliphatic imine (C=N–C) groups is 1. The number of guanidine groups is 1. The summed E-state index contributed by atoms with van der Waals surface area (Å²) >= 11 is 0. The number of nitrogens with one attached hydrogen (secondary N) is 6. The molecule has 5 amide bonds. The summed E-state index contributed by atoms with van der Waals surface area (Å²) in [4.78, 5) is 73.1. The Bertz CT molecular complexity index is 1820. The summed E-state index contributed by atoms with van der Waals surface area (Å²) in [5, 5.41) is 28.9. The number of benzene rings is 3. The Morgan fingerprint density at radius 2 is 1.23 bits per heavy atom. The molecule has 1 saturated heterocycles. The molecule has 3 aromatic carbocycles. The lowest BCUT2D eigenvalue weighted by atomic mass is 10.0. The second-order valence-electron chi connectivity index (χ2n) is 14.3. The normalized spacial score (nSPS) is 19.6. The van der Waals surface area contributed by atoms with Gasteiger partial charge >= 0.3 is 0 Å². The van der Waals surface area contributed by atoms with Crippen molar-refractivity contribution < 1.29 is 29.1 Å². The average molecular weight is 787 g/mol. The summed E-state index contributed by atoms with van der Waals surface area (Å²) < 4.78 is 0. The number of hydrogen-bond donors (Lipinski definition) is 10. The van der Waals surface area contributed by atoms with Gasteiger partial charge < -0.3 is 54.2 Å². The highest BCUT2D eigenvalue weighted by Crippen LogP contribution is 2.17. The Hall–Kier alpha value is -5.74. The van der Waals surface area contributed by atoms with E-state index in [0.29, 0.717) is 31.5 Å². The highest BCUT2D eigenvalue weighted by molar-refractivity contribution is 5.97. The van der Waals surface area contributed by atoms with Gasteiger partial charge in [0.1, 0.15) is 29.9 Å². The lowest BCUT2D eigenvalue weighted by molar-refractivity contribution is -0.134. The van der Waals surface area contributed by atoms with Gasteiger partial charge in [0.05, 0.1) is 6.54 Å². The van der Waals surface area contributed by atoms with Crippen LogP contribution >= 0.6 is 0 Å². The van der Waals surface area contributed by atoms with E-state index >= 15 is 0 Å². The molecule has 0 unspecified atom stereocenters. The summed E-state index contributed by atoms with van der Waals surface area (Å²) in [6, 6.07) is 15.2. The van der Waals surface area contributed by atoms with Crippen molar-refractivity contribution in [2.24, 2.45) is 22.2 Å². The molecule has 13 N–H and O–H groups in total. The maximum Gasteiger partial charge on any atom is 0.243 e. The molecule has 0 radical (unpaired) electrons. The Labute approximate surface area is 333 Å². The summed E-state index contributed by atoms with van der Waals surface area (Å²) in [5.74, 6) is -3.22. The molecule has 3 aromatic rings. The third-order valence-corrected chi connectivity index (χ3v) is 9.70.